The normalized spacial score (nSPS) is 25.6. The second-order valence-electron chi connectivity index (χ2n) is 7.00. The molecule has 1 aliphatic rings. The fourth-order valence-electron chi connectivity index (χ4n) is 3.26. The Morgan fingerprint density at radius 3 is 2.48 bits per heavy atom. The van der Waals surface area contributed by atoms with Gasteiger partial charge in [0, 0.05) is 37.8 Å². The first-order valence-corrected chi connectivity index (χ1v) is 8.00. The molecule has 21 heavy (non-hydrogen) atoms. The largest absolute Gasteiger partial charge is 0.468 e. The number of carbonyl (C=O) groups excluding carboxylic acids is 1. The van der Waals surface area contributed by atoms with Gasteiger partial charge in [0.25, 0.3) is 0 Å². The molecule has 0 radical (unpaired) electrons. The van der Waals surface area contributed by atoms with E-state index in [1.165, 1.54) is 7.11 Å². The lowest BCUT2D eigenvalue weighted by atomic mass is 9.91. The topological polar surface area (TPSA) is 44.8 Å². The maximum atomic E-state index is 12.2. The van der Waals surface area contributed by atoms with E-state index in [4.69, 9.17) is 4.74 Å². The maximum Gasteiger partial charge on any atom is 0.325 e. The number of rotatable bonds is 6. The molecule has 0 spiro atoms. The van der Waals surface area contributed by atoms with Gasteiger partial charge < -0.3 is 9.64 Å². The molecule has 0 bridgehead atoms. The zero-order chi connectivity index (χ0) is 16.2. The smallest absolute Gasteiger partial charge is 0.325 e. The molecule has 0 aromatic rings. The summed E-state index contributed by atoms with van der Waals surface area (Å²) in [6.45, 7) is 13.7. The van der Waals surface area contributed by atoms with Crippen LogP contribution >= 0.6 is 0 Å². The first-order valence-electron chi connectivity index (χ1n) is 8.00. The van der Waals surface area contributed by atoms with E-state index >= 15 is 0 Å². The van der Waals surface area contributed by atoms with Crippen LogP contribution in [-0.4, -0.2) is 73.2 Å². The molecule has 1 N–H and O–H groups in total. The summed E-state index contributed by atoms with van der Waals surface area (Å²) < 4.78 is 5.01. The molecule has 0 saturated carbocycles. The Kier molecular flexibility index (Phi) is 6.63. The van der Waals surface area contributed by atoms with Crippen molar-refractivity contribution in [2.75, 3.05) is 33.8 Å². The molecule has 1 heterocycles. The van der Waals surface area contributed by atoms with Gasteiger partial charge in [-0.15, -0.1) is 0 Å². The van der Waals surface area contributed by atoms with Crippen LogP contribution in [0.2, 0.25) is 0 Å². The summed E-state index contributed by atoms with van der Waals surface area (Å²) >= 11 is 0. The van der Waals surface area contributed by atoms with Gasteiger partial charge in [-0.3, -0.25) is 15.0 Å². The molecule has 1 fully saturated rings. The van der Waals surface area contributed by atoms with Gasteiger partial charge in [-0.05, 0) is 48.1 Å². The van der Waals surface area contributed by atoms with Crippen molar-refractivity contribution in [1.82, 2.24) is 15.1 Å². The van der Waals surface area contributed by atoms with E-state index in [2.05, 4.69) is 49.9 Å². The second kappa shape index (κ2) is 7.56. The predicted molar refractivity (Wildman–Crippen MR) is 86.4 cm³/mol. The van der Waals surface area contributed by atoms with Gasteiger partial charge in [-0.1, -0.05) is 0 Å². The average molecular weight is 299 g/mol. The van der Waals surface area contributed by atoms with Crippen molar-refractivity contribution >= 4 is 5.97 Å². The molecular weight excluding hydrogens is 266 g/mol. The SMILES string of the molecule is COC(=O)C(C)(CC(C)N1CCN(C)C(C)C1)NC(C)C. The number of likely N-dealkylation sites (N-methyl/N-ethyl adjacent to an activating group) is 1. The number of carbonyl (C=O) groups is 1. The molecule has 1 saturated heterocycles. The summed E-state index contributed by atoms with van der Waals surface area (Å²) in [6, 6.07) is 1.15. The minimum Gasteiger partial charge on any atom is -0.468 e. The van der Waals surface area contributed by atoms with E-state index in [1.54, 1.807) is 0 Å². The molecular formula is C16H33N3O2. The molecule has 3 unspecified atom stereocenters. The van der Waals surface area contributed by atoms with Crippen LogP contribution in [0.25, 0.3) is 0 Å². The molecule has 124 valence electrons. The lowest BCUT2D eigenvalue weighted by Gasteiger charge is -2.43. The van der Waals surface area contributed by atoms with Crippen molar-refractivity contribution in [2.45, 2.75) is 64.7 Å². The van der Waals surface area contributed by atoms with E-state index in [0.717, 1.165) is 26.1 Å². The summed E-state index contributed by atoms with van der Waals surface area (Å²) in [7, 11) is 3.64. The van der Waals surface area contributed by atoms with Gasteiger partial charge >= 0.3 is 5.97 Å². The Morgan fingerprint density at radius 2 is 2.00 bits per heavy atom. The molecule has 5 nitrogen and oxygen atoms in total. The first kappa shape index (κ1) is 18.4. The van der Waals surface area contributed by atoms with Gasteiger partial charge in [0.2, 0.25) is 0 Å². The van der Waals surface area contributed by atoms with Crippen molar-refractivity contribution in [3.63, 3.8) is 0 Å². The number of nitrogens with one attached hydrogen (secondary N) is 1. The van der Waals surface area contributed by atoms with E-state index < -0.39 is 5.54 Å². The third kappa shape index (κ3) is 4.94. The number of hydrogen-bond donors (Lipinski definition) is 1. The third-order valence-corrected chi connectivity index (χ3v) is 4.56. The van der Waals surface area contributed by atoms with Crippen LogP contribution in [0.5, 0.6) is 0 Å². The molecule has 0 amide bonds. The van der Waals surface area contributed by atoms with Gasteiger partial charge in [-0.2, -0.15) is 0 Å². The Bertz CT molecular complexity index is 348. The number of nitrogens with zero attached hydrogens (tertiary/aromatic N) is 2. The molecule has 1 aliphatic heterocycles. The van der Waals surface area contributed by atoms with Crippen LogP contribution in [0.4, 0.5) is 0 Å². The summed E-state index contributed by atoms with van der Waals surface area (Å²) in [5.74, 6) is -0.176. The lowest BCUT2D eigenvalue weighted by molar-refractivity contribution is -0.149. The highest BCUT2D eigenvalue weighted by Gasteiger charge is 2.38. The second-order valence-corrected chi connectivity index (χ2v) is 7.00. The highest BCUT2D eigenvalue weighted by atomic mass is 16.5. The van der Waals surface area contributed by atoms with Crippen molar-refractivity contribution in [3.05, 3.63) is 0 Å². The molecule has 1 rings (SSSR count). The first-order chi connectivity index (χ1) is 9.69. The maximum absolute atomic E-state index is 12.2. The highest BCUT2D eigenvalue weighted by molar-refractivity contribution is 5.80. The van der Waals surface area contributed by atoms with Crippen molar-refractivity contribution in [2.24, 2.45) is 0 Å². The molecule has 0 aromatic heterocycles. The molecule has 3 atom stereocenters. The zero-order valence-corrected chi connectivity index (χ0v) is 14.8. The van der Waals surface area contributed by atoms with Crippen molar-refractivity contribution in [3.8, 4) is 0 Å². The van der Waals surface area contributed by atoms with Gasteiger partial charge in [0.1, 0.15) is 5.54 Å². The van der Waals surface area contributed by atoms with E-state index in [-0.39, 0.29) is 12.0 Å². The Labute approximate surface area is 130 Å². The summed E-state index contributed by atoms with van der Waals surface area (Å²) in [5, 5.41) is 3.39. The quantitative estimate of drug-likeness (QED) is 0.750. The zero-order valence-electron chi connectivity index (χ0n) is 14.8. The van der Waals surface area contributed by atoms with Crippen molar-refractivity contribution in [1.29, 1.82) is 0 Å². The van der Waals surface area contributed by atoms with Crippen molar-refractivity contribution < 1.29 is 9.53 Å². The molecule has 0 aromatic carbocycles. The summed E-state index contributed by atoms with van der Waals surface area (Å²) in [5.41, 5.74) is -0.630. The Morgan fingerprint density at radius 1 is 1.38 bits per heavy atom. The lowest BCUT2D eigenvalue weighted by Crippen LogP contribution is -2.58. The number of methoxy groups -OCH3 is 1. The predicted octanol–water partition coefficient (Wildman–Crippen LogP) is 1.33. The van der Waals surface area contributed by atoms with Crippen LogP contribution in [0, 0.1) is 0 Å². The molecule has 5 heteroatoms. The van der Waals surface area contributed by atoms with Crippen LogP contribution in [0.15, 0.2) is 0 Å². The van der Waals surface area contributed by atoms with Gasteiger partial charge in [0.15, 0.2) is 0 Å². The van der Waals surface area contributed by atoms with E-state index in [9.17, 15) is 4.79 Å². The van der Waals surface area contributed by atoms with Crippen LogP contribution in [0.1, 0.15) is 41.0 Å². The number of esters is 1. The Hall–Kier alpha value is -0.650. The van der Waals surface area contributed by atoms with Gasteiger partial charge in [-0.25, -0.2) is 0 Å². The number of hydrogen-bond acceptors (Lipinski definition) is 5. The number of ether oxygens (including phenoxy) is 1. The minimum atomic E-state index is -0.630. The van der Waals surface area contributed by atoms with Crippen LogP contribution in [-0.2, 0) is 9.53 Å². The summed E-state index contributed by atoms with van der Waals surface area (Å²) in [4.78, 5) is 17.1. The molecule has 0 aliphatic carbocycles. The van der Waals surface area contributed by atoms with E-state index in [0.29, 0.717) is 12.1 Å². The highest BCUT2D eigenvalue weighted by Crippen LogP contribution is 2.21. The number of piperazine rings is 1. The average Bonchev–Trinajstić information content (AvgIpc) is 2.39. The van der Waals surface area contributed by atoms with Crippen LogP contribution < -0.4 is 5.32 Å². The third-order valence-electron chi connectivity index (χ3n) is 4.56. The van der Waals surface area contributed by atoms with E-state index in [1.807, 2.05) is 6.92 Å². The summed E-state index contributed by atoms with van der Waals surface area (Å²) in [6.07, 6.45) is 0.758. The monoisotopic (exact) mass is 299 g/mol. The van der Waals surface area contributed by atoms with Gasteiger partial charge in [0.05, 0.1) is 7.11 Å². The standard InChI is InChI=1S/C16H33N3O2/c1-12(2)17-16(5,15(20)21-7)10-13(3)19-9-8-18(6)14(4)11-19/h12-14,17H,8-11H2,1-7H3. The Balaban J connectivity index is 2.72. The minimum absolute atomic E-state index is 0.176. The fourth-order valence-corrected chi connectivity index (χ4v) is 3.26. The fraction of sp³-hybridized carbons (Fsp3) is 0.938. The van der Waals surface area contributed by atoms with Crippen LogP contribution in [0.3, 0.4) is 0 Å².